The largest absolute Gasteiger partial charge is 0.370 e. The van der Waals surface area contributed by atoms with Crippen LogP contribution < -0.4 is 10.6 Å². The summed E-state index contributed by atoms with van der Waals surface area (Å²) in [5.74, 6) is 1.94. The molecule has 7 nitrogen and oxygen atoms in total. The number of benzene rings is 1. The lowest BCUT2D eigenvalue weighted by Gasteiger charge is -2.11. The Morgan fingerprint density at radius 2 is 1.84 bits per heavy atom. The normalized spacial score (nSPS) is 19.8. The van der Waals surface area contributed by atoms with Gasteiger partial charge in [-0.15, -0.1) is 0 Å². The molecule has 0 amide bonds. The first-order valence-electron chi connectivity index (χ1n) is 10.8. The number of aliphatic imine (C=N–C) groups is 1. The maximum absolute atomic E-state index is 5.64. The number of nitrogens with zero attached hydrogens (tertiary/aromatic N) is 4. The molecule has 0 saturated carbocycles. The van der Waals surface area contributed by atoms with E-state index in [9.17, 15) is 0 Å². The second-order valence-electron chi connectivity index (χ2n) is 8.18. The van der Waals surface area contributed by atoms with Gasteiger partial charge >= 0.3 is 0 Å². The van der Waals surface area contributed by atoms with Crippen molar-refractivity contribution >= 4 is 23.2 Å². The minimum atomic E-state index is 0.501. The minimum absolute atomic E-state index is 0.501. The Morgan fingerprint density at radius 3 is 2.68 bits per heavy atom. The van der Waals surface area contributed by atoms with Gasteiger partial charge in [0.1, 0.15) is 5.82 Å². The quantitative estimate of drug-likeness (QED) is 0.658. The lowest BCUT2D eigenvalue weighted by Crippen LogP contribution is -2.22. The number of anilines is 2. The molecule has 1 unspecified atom stereocenters. The second-order valence-corrected chi connectivity index (χ2v) is 8.18. The second kappa shape index (κ2) is 8.91. The molecule has 31 heavy (non-hydrogen) atoms. The van der Waals surface area contributed by atoms with Gasteiger partial charge < -0.3 is 15.4 Å². The van der Waals surface area contributed by atoms with Gasteiger partial charge in [0.05, 0.1) is 18.9 Å². The standard InChI is InChI=1S/C24H26N6O/c1-16-2-5-20(13-26-12-16)28-24-29-22-15-31-14-21(22)23(30-24)27-19-6-3-17(4-7-19)18-8-10-25-11-9-18/h3-4,6-11,16,26H,2,5,12-15H2,1H3,(H,27,29,30)/b28-20-. The average molecular weight is 415 g/mol. The van der Waals surface area contributed by atoms with Crippen LogP contribution in [0.15, 0.2) is 53.8 Å². The van der Waals surface area contributed by atoms with E-state index >= 15 is 0 Å². The van der Waals surface area contributed by atoms with E-state index in [1.807, 2.05) is 12.1 Å². The molecule has 1 atom stereocenters. The fraction of sp³-hybridized carbons (Fsp3) is 0.333. The first-order chi connectivity index (χ1) is 15.2. The first-order valence-corrected chi connectivity index (χ1v) is 10.8. The van der Waals surface area contributed by atoms with Crippen LogP contribution in [0.2, 0.25) is 0 Å². The zero-order valence-corrected chi connectivity index (χ0v) is 17.6. The molecule has 0 spiro atoms. The van der Waals surface area contributed by atoms with Crippen molar-refractivity contribution in [2.24, 2.45) is 10.9 Å². The molecule has 0 bridgehead atoms. The Balaban J connectivity index is 1.40. The van der Waals surface area contributed by atoms with Crippen molar-refractivity contribution in [1.82, 2.24) is 20.3 Å². The maximum Gasteiger partial charge on any atom is 0.251 e. The molecule has 7 heteroatoms. The highest BCUT2D eigenvalue weighted by Crippen LogP contribution is 2.30. The molecular formula is C24H26N6O. The summed E-state index contributed by atoms with van der Waals surface area (Å²) >= 11 is 0. The molecule has 4 heterocycles. The van der Waals surface area contributed by atoms with E-state index in [-0.39, 0.29) is 0 Å². The summed E-state index contributed by atoms with van der Waals surface area (Å²) in [4.78, 5) is 18.3. The fourth-order valence-corrected chi connectivity index (χ4v) is 3.92. The first kappa shape index (κ1) is 19.8. The van der Waals surface area contributed by atoms with Gasteiger partial charge in [-0.2, -0.15) is 4.98 Å². The van der Waals surface area contributed by atoms with Crippen molar-refractivity contribution in [3.05, 3.63) is 60.0 Å². The van der Waals surface area contributed by atoms with Crippen LogP contribution in [0.3, 0.4) is 0 Å². The van der Waals surface area contributed by atoms with Crippen LogP contribution >= 0.6 is 0 Å². The zero-order valence-electron chi connectivity index (χ0n) is 17.6. The van der Waals surface area contributed by atoms with E-state index < -0.39 is 0 Å². The topological polar surface area (TPSA) is 84.3 Å². The van der Waals surface area contributed by atoms with E-state index in [2.05, 4.69) is 51.8 Å². The molecule has 2 aliphatic rings. The average Bonchev–Trinajstić information content (AvgIpc) is 3.18. The van der Waals surface area contributed by atoms with Crippen LogP contribution in [-0.4, -0.2) is 33.8 Å². The van der Waals surface area contributed by atoms with Crippen LogP contribution in [0, 0.1) is 5.92 Å². The van der Waals surface area contributed by atoms with Crippen molar-refractivity contribution in [3.8, 4) is 11.1 Å². The van der Waals surface area contributed by atoms with Crippen molar-refractivity contribution < 1.29 is 4.74 Å². The predicted molar refractivity (Wildman–Crippen MR) is 122 cm³/mol. The van der Waals surface area contributed by atoms with Gasteiger partial charge in [0.2, 0.25) is 0 Å². The number of ether oxygens (including phenoxy) is 1. The number of hydrogen-bond donors (Lipinski definition) is 2. The molecule has 1 aromatic carbocycles. The molecule has 0 aliphatic carbocycles. The Morgan fingerprint density at radius 1 is 1.03 bits per heavy atom. The van der Waals surface area contributed by atoms with Gasteiger partial charge in [-0.25, -0.2) is 9.98 Å². The van der Waals surface area contributed by atoms with E-state index in [4.69, 9.17) is 14.7 Å². The third-order valence-electron chi connectivity index (χ3n) is 5.73. The number of rotatable bonds is 4. The fourth-order valence-electron chi connectivity index (χ4n) is 3.92. The van der Waals surface area contributed by atoms with Gasteiger partial charge in [0.25, 0.3) is 5.95 Å². The zero-order chi connectivity index (χ0) is 21.0. The Labute approximate surface area is 182 Å². The summed E-state index contributed by atoms with van der Waals surface area (Å²) in [7, 11) is 0. The molecule has 2 aliphatic heterocycles. The van der Waals surface area contributed by atoms with E-state index in [1.165, 1.54) is 0 Å². The summed E-state index contributed by atoms with van der Waals surface area (Å²) in [5.41, 5.74) is 6.29. The Kier molecular flexibility index (Phi) is 5.69. The number of aromatic nitrogens is 3. The lowest BCUT2D eigenvalue weighted by atomic mass is 10.1. The maximum atomic E-state index is 5.64. The molecule has 158 valence electrons. The molecule has 0 radical (unpaired) electrons. The highest BCUT2D eigenvalue weighted by atomic mass is 16.5. The van der Waals surface area contributed by atoms with Crippen LogP contribution in [-0.2, 0) is 18.0 Å². The van der Waals surface area contributed by atoms with Gasteiger partial charge in [-0.05, 0) is 60.7 Å². The van der Waals surface area contributed by atoms with E-state index in [0.29, 0.717) is 25.1 Å². The number of nitrogens with one attached hydrogen (secondary N) is 2. The lowest BCUT2D eigenvalue weighted by molar-refractivity contribution is 0.133. The van der Waals surface area contributed by atoms with Crippen molar-refractivity contribution in [1.29, 1.82) is 0 Å². The molecule has 3 aromatic rings. The monoisotopic (exact) mass is 414 g/mol. The third-order valence-corrected chi connectivity index (χ3v) is 5.73. The smallest absolute Gasteiger partial charge is 0.251 e. The van der Waals surface area contributed by atoms with Crippen molar-refractivity contribution in [2.45, 2.75) is 33.0 Å². The van der Waals surface area contributed by atoms with Crippen molar-refractivity contribution in [2.75, 3.05) is 18.4 Å². The van der Waals surface area contributed by atoms with Gasteiger partial charge in [-0.1, -0.05) is 19.1 Å². The van der Waals surface area contributed by atoms with Crippen LogP contribution in [0.25, 0.3) is 11.1 Å². The molecule has 2 N–H and O–H groups in total. The Hall–Kier alpha value is -3.16. The molecule has 1 fully saturated rings. The van der Waals surface area contributed by atoms with Crippen LogP contribution in [0.5, 0.6) is 0 Å². The summed E-state index contributed by atoms with van der Waals surface area (Å²) in [5, 5.41) is 6.91. The highest BCUT2D eigenvalue weighted by Gasteiger charge is 2.21. The summed E-state index contributed by atoms with van der Waals surface area (Å²) < 4.78 is 5.64. The molecule has 2 aromatic heterocycles. The summed E-state index contributed by atoms with van der Waals surface area (Å²) in [6.07, 6.45) is 5.72. The highest BCUT2D eigenvalue weighted by molar-refractivity contribution is 5.88. The number of fused-ring (bicyclic) bond motifs is 1. The summed E-state index contributed by atoms with van der Waals surface area (Å²) in [6, 6.07) is 12.3. The van der Waals surface area contributed by atoms with Crippen LogP contribution in [0.4, 0.5) is 17.5 Å². The van der Waals surface area contributed by atoms with Crippen LogP contribution in [0.1, 0.15) is 31.0 Å². The van der Waals surface area contributed by atoms with E-state index in [1.54, 1.807) is 12.4 Å². The van der Waals surface area contributed by atoms with Gasteiger partial charge in [0.15, 0.2) is 0 Å². The summed E-state index contributed by atoms with van der Waals surface area (Å²) in [6.45, 7) is 5.10. The molecule has 1 saturated heterocycles. The SMILES string of the molecule is CC1CC/C(=N/c2nc3c(c(Nc4ccc(-c5ccncc5)cc4)n2)COC3)CNC1. The predicted octanol–water partition coefficient (Wildman–Crippen LogP) is 4.40. The number of pyridine rings is 1. The van der Waals surface area contributed by atoms with E-state index in [0.717, 1.165) is 65.5 Å². The van der Waals surface area contributed by atoms with Crippen molar-refractivity contribution in [3.63, 3.8) is 0 Å². The van der Waals surface area contributed by atoms with Gasteiger partial charge in [0, 0.05) is 35.9 Å². The minimum Gasteiger partial charge on any atom is -0.370 e. The van der Waals surface area contributed by atoms with Gasteiger partial charge in [-0.3, -0.25) is 4.98 Å². The molecular weight excluding hydrogens is 388 g/mol. The molecule has 5 rings (SSSR count). The number of hydrogen-bond acceptors (Lipinski definition) is 7. The third kappa shape index (κ3) is 4.62. The Bertz CT molecular complexity index is 1080.